The number of halogens is 1. The molecule has 0 atom stereocenters. The van der Waals surface area contributed by atoms with Crippen LogP contribution in [-0.2, 0) is 4.79 Å². The van der Waals surface area contributed by atoms with E-state index in [0.29, 0.717) is 22.7 Å². The van der Waals surface area contributed by atoms with E-state index < -0.39 is 0 Å². The molecule has 0 fully saturated rings. The largest absolute Gasteiger partial charge is 0.484 e. The summed E-state index contributed by atoms with van der Waals surface area (Å²) >= 11 is 0. The van der Waals surface area contributed by atoms with Crippen molar-refractivity contribution in [3.8, 4) is 5.75 Å². The van der Waals surface area contributed by atoms with Crippen LogP contribution in [0.25, 0.3) is 0 Å². The zero-order valence-electron chi connectivity index (χ0n) is 11.9. The molecule has 1 amide bonds. The first-order valence-electron chi connectivity index (χ1n) is 6.50. The molecule has 0 radical (unpaired) electrons. The summed E-state index contributed by atoms with van der Waals surface area (Å²) in [6, 6.07) is 9.74. The monoisotopic (exact) mass is 288 g/mol. The van der Waals surface area contributed by atoms with Crippen LogP contribution in [0.4, 0.5) is 15.8 Å². The number of amides is 1. The molecule has 0 aliphatic heterocycles. The topological polar surface area (TPSA) is 64.3 Å². The van der Waals surface area contributed by atoms with Crippen LogP contribution in [0.3, 0.4) is 0 Å². The second-order valence-corrected chi connectivity index (χ2v) is 4.82. The lowest BCUT2D eigenvalue weighted by Crippen LogP contribution is -2.20. The highest BCUT2D eigenvalue weighted by Crippen LogP contribution is 2.19. The number of rotatable bonds is 4. The van der Waals surface area contributed by atoms with E-state index in [2.05, 4.69) is 5.32 Å². The number of ether oxygens (including phenoxy) is 1. The first-order valence-corrected chi connectivity index (χ1v) is 6.50. The molecule has 0 heterocycles. The smallest absolute Gasteiger partial charge is 0.262 e. The summed E-state index contributed by atoms with van der Waals surface area (Å²) in [5.74, 6) is -0.373. The number of nitrogens with one attached hydrogen (secondary N) is 1. The summed E-state index contributed by atoms with van der Waals surface area (Å²) < 4.78 is 18.6. The Labute approximate surface area is 122 Å². The Hall–Kier alpha value is -2.56. The molecule has 3 N–H and O–H groups in total. The minimum atomic E-state index is -0.361. The number of nitrogens with two attached hydrogens (primary N) is 1. The van der Waals surface area contributed by atoms with Crippen LogP contribution in [-0.4, -0.2) is 12.5 Å². The molecule has 4 nitrogen and oxygen atoms in total. The molecule has 0 saturated heterocycles. The van der Waals surface area contributed by atoms with E-state index in [1.165, 1.54) is 6.07 Å². The van der Waals surface area contributed by atoms with E-state index in [9.17, 15) is 9.18 Å². The van der Waals surface area contributed by atoms with Crippen LogP contribution >= 0.6 is 0 Å². The Morgan fingerprint density at radius 3 is 2.62 bits per heavy atom. The second kappa shape index (κ2) is 6.26. The lowest BCUT2D eigenvalue weighted by molar-refractivity contribution is -0.118. The molecule has 0 unspecified atom stereocenters. The normalized spacial score (nSPS) is 10.2. The minimum absolute atomic E-state index is 0.198. The first kappa shape index (κ1) is 14.8. The van der Waals surface area contributed by atoms with Gasteiger partial charge in [0.1, 0.15) is 11.6 Å². The number of anilines is 2. The molecule has 5 heteroatoms. The molecular formula is C16H17FN2O2. The van der Waals surface area contributed by atoms with Crippen molar-refractivity contribution in [3.05, 3.63) is 53.3 Å². The molecule has 110 valence electrons. The zero-order valence-corrected chi connectivity index (χ0v) is 11.9. The molecule has 2 aromatic rings. The Balaban J connectivity index is 1.95. The molecule has 21 heavy (non-hydrogen) atoms. The summed E-state index contributed by atoms with van der Waals surface area (Å²) in [6.07, 6.45) is 0. The summed E-state index contributed by atoms with van der Waals surface area (Å²) in [5.41, 5.74) is 8.31. The van der Waals surface area contributed by atoms with E-state index in [1.807, 2.05) is 13.0 Å². The Bertz CT molecular complexity index is 671. The third-order valence-corrected chi connectivity index (χ3v) is 3.05. The van der Waals surface area contributed by atoms with Crippen molar-refractivity contribution in [2.45, 2.75) is 13.8 Å². The molecule has 0 aliphatic rings. The summed E-state index contributed by atoms with van der Waals surface area (Å²) in [4.78, 5) is 11.8. The van der Waals surface area contributed by atoms with Crippen molar-refractivity contribution in [1.82, 2.24) is 0 Å². The predicted octanol–water partition coefficient (Wildman–Crippen LogP) is 3.04. The molecule has 2 aromatic carbocycles. The van der Waals surface area contributed by atoms with Gasteiger partial charge in [-0.1, -0.05) is 12.1 Å². The Morgan fingerprint density at radius 1 is 1.19 bits per heavy atom. The maximum Gasteiger partial charge on any atom is 0.262 e. The number of aryl methyl sites for hydroxylation is 2. The van der Waals surface area contributed by atoms with Gasteiger partial charge in [-0.3, -0.25) is 4.79 Å². The SMILES string of the molecule is Cc1ccc(OCC(=O)Nc2cc(N)ccc2C)cc1F. The van der Waals surface area contributed by atoms with Gasteiger partial charge in [0.05, 0.1) is 0 Å². The van der Waals surface area contributed by atoms with E-state index >= 15 is 0 Å². The average molecular weight is 288 g/mol. The van der Waals surface area contributed by atoms with E-state index in [1.54, 1.807) is 31.2 Å². The van der Waals surface area contributed by atoms with Gasteiger partial charge in [-0.15, -0.1) is 0 Å². The van der Waals surface area contributed by atoms with Gasteiger partial charge < -0.3 is 15.8 Å². The van der Waals surface area contributed by atoms with Crippen molar-refractivity contribution < 1.29 is 13.9 Å². The van der Waals surface area contributed by atoms with E-state index in [4.69, 9.17) is 10.5 Å². The maximum atomic E-state index is 13.4. The van der Waals surface area contributed by atoms with E-state index in [-0.39, 0.29) is 18.3 Å². The number of hydrogen-bond acceptors (Lipinski definition) is 3. The second-order valence-electron chi connectivity index (χ2n) is 4.82. The van der Waals surface area contributed by atoms with Crippen LogP contribution in [0.15, 0.2) is 36.4 Å². The van der Waals surface area contributed by atoms with Crippen molar-refractivity contribution in [2.75, 3.05) is 17.7 Å². The molecule has 0 spiro atoms. The zero-order chi connectivity index (χ0) is 15.4. The molecular weight excluding hydrogens is 271 g/mol. The van der Waals surface area contributed by atoms with Gasteiger partial charge in [0.25, 0.3) is 5.91 Å². The Kier molecular flexibility index (Phi) is 4.42. The number of hydrogen-bond donors (Lipinski definition) is 2. The van der Waals surface area contributed by atoms with Crippen molar-refractivity contribution in [2.24, 2.45) is 0 Å². The lowest BCUT2D eigenvalue weighted by Gasteiger charge is -2.10. The van der Waals surface area contributed by atoms with Crippen molar-refractivity contribution in [3.63, 3.8) is 0 Å². The van der Waals surface area contributed by atoms with Crippen LogP contribution in [0.5, 0.6) is 5.75 Å². The molecule has 0 bridgehead atoms. The van der Waals surface area contributed by atoms with Gasteiger partial charge in [0.2, 0.25) is 0 Å². The summed E-state index contributed by atoms with van der Waals surface area (Å²) in [5, 5.41) is 2.71. The van der Waals surface area contributed by atoms with Crippen LogP contribution in [0.2, 0.25) is 0 Å². The highest BCUT2D eigenvalue weighted by atomic mass is 19.1. The van der Waals surface area contributed by atoms with Gasteiger partial charge in [-0.05, 0) is 43.2 Å². The van der Waals surface area contributed by atoms with Crippen LogP contribution < -0.4 is 15.8 Å². The fourth-order valence-corrected chi connectivity index (χ4v) is 1.77. The standard InChI is InChI=1S/C16H17FN2O2/c1-10-4-6-13(8-14(10)17)21-9-16(20)19-15-7-12(18)5-3-11(15)2/h3-8H,9,18H2,1-2H3,(H,19,20). The van der Waals surface area contributed by atoms with Crippen molar-refractivity contribution >= 4 is 17.3 Å². The first-order chi connectivity index (χ1) is 9.95. The van der Waals surface area contributed by atoms with Gasteiger partial charge in [0, 0.05) is 17.4 Å². The molecule has 0 aliphatic carbocycles. The minimum Gasteiger partial charge on any atom is -0.484 e. The molecule has 0 saturated carbocycles. The average Bonchev–Trinajstić information content (AvgIpc) is 2.44. The highest BCUT2D eigenvalue weighted by molar-refractivity contribution is 5.93. The van der Waals surface area contributed by atoms with Gasteiger partial charge in [-0.2, -0.15) is 0 Å². The van der Waals surface area contributed by atoms with Gasteiger partial charge in [0.15, 0.2) is 6.61 Å². The highest BCUT2D eigenvalue weighted by Gasteiger charge is 2.07. The number of carbonyl (C=O) groups is 1. The van der Waals surface area contributed by atoms with E-state index in [0.717, 1.165) is 5.56 Å². The van der Waals surface area contributed by atoms with Crippen molar-refractivity contribution in [1.29, 1.82) is 0 Å². The summed E-state index contributed by atoms with van der Waals surface area (Å²) in [6.45, 7) is 3.33. The third-order valence-electron chi connectivity index (χ3n) is 3.05. The molecule has 0 aromatic heterocycles. The lowest BCUT2D eigenvalue weighted by atomic mass is 10.2. The predicted molar refractivity (Wildman–Crippen MR) is 80.9 cm³/mol. The number of carbonyl (C=O) groups excluding carboxylic acids is 1. The number of benzene rings is 2. The third kappa shape index (κ3) is 3.95. The Morgan fingerprint density at radius 2 is 1.90 bits per heavy atom. The van der Waals surface area contributed by atoms with Gasteiger partial charge in [-0.25, -0.2) is 4.39 Å². The fourth-order valence-electron chi connectivity index (χ4n) is 1.77. The van der Waals surface area contributed by atoms with Gasteiger partial charge >= 0.3 is 0 Å². The quantitative estimate of drug-likeness (QED) is 0.850. The molecule has 2 rings (SSSR count). The number of nitrogen functional groups attached to an aromatic ring is 1. The van der Waals surface area contributed by atoms with Crippen LogP contribution in [0, 0.1) is 19.7 Å². The maximum absolute atomic E-state index is 13.4. The summed E-state index contributed by atoms with van der Waals surface area (Å²) in [7, 11) is 0. The van der Waals surface area contributed by atoms with Crippen LogP contribution in [0.1, 0.15) is 11.1 Å². The fraction of sp³-hybridized carbons (Fsp3) is 0.188.